The second-order valence-corrected chi connectivity index (χ2v) is 6.85. The molecule has 3 rings (SSSR count). The van der Waals surface area contributed by atoms with Gasteiger partial charge in [-0.15, -0.1) is 0 Å². The average Bonchev–Trinajstić information content (AvgIpc) is 2.72. The first-order valence-electron chi connectivity index (χ1n) is 8.89. The Hall–Kier alpha value is -3.05. The van der Waals surface area contributed by atoms with Gasteiger partial charge in [-0.2, -0.15) is 0 Å². The fourth-order valence-corrected chi connectivity index (χ4v) is 2.86. The maximum absolute atomic E-state index is 12.9. The summed E-state index contributed by atoms with van der Waals surface area (Å²) in [7, 11) is 3.98. The molecule has 0 saturated carbocycles. The highest BCUT2D eigenvalue weighted by Gasteiger charge is 2.18. The molecule has 0 aliphatic heterocycles. The number of benzene rings is 2. The highest BCUT2D eigenvalue weighted by Crippen LogP contribution is 2.23. The summed E-state index contributed by atoms with van der Waals surface area (Å²) in [4.78, 5) is 20.9. The third kappa shape index (κ3) is 5.02. The van der Waals surface area contributed by atoms with Gasteiger partial charge >= 0.3 is 0 Å². The quantitative estimate of drug-likeness (QED) is 0.594. The number of para-hydroxylation sites is 1. The number of anilines is 2. The van der Waals surface area contributed by atoms with Gasteiger partial charge in [0.05, 0.1) is 11.6 Å². The summed E-state index contributed by atoms with van der Waals surface area (Å²) in [6, 6.07) is 20.6. The highest BCUT2D eigenvalue weighted by molar-refractivity contribution is 6.32. The fraction of sp³-hybridized carbons (Fsp3) is 0.182. The molecular weight excluding hydrogens is 374 g/mol. The van der Waals surface area contributed by atoms with Gasteiger partial charge < -0.3 is 9.64 Å². The van der Waals surface area contributed by atoms with Crippen molar-refractivity contribution >= 4 is 29.0 Å². The van der Waals surface area contributed by atoms with Gasteiger partial charge in [-0.05, 0) is 42.0 Å². The normalized spacial score (nSPS) is 10.4. The van der Waals surface area contributed by atoms with Gasteiger partial charge in [0, 0.05) is 26.0 Å². The number of halogens is 1. The summed E-state index contributed by atoms with van der Waals surface area (Å²) in [6.07, 6.45) is 1.67. The second-order valence-electron chi connectivity index (χ2n) is 6.45. The third-order valence-electron chi connectivity index (χ3n) is 4.21. The molecule has 0 radical (unpaired) electrons. The number of pyridine rings is 1. The van der Waals surface area contributed by atoms with Crippen molar-refractivity contribution in [3.05, 3.63) is 83.5 Å². The number of ether oxygens (including phenoxy) is 1. The van der Waals surface area contributed by atoms with E-state index in [2.05, 4.69) is 4.98 Å². The fourth-order valence-electron chi connectivity index (χ4n) is 2.67. The van der Waals surface area contributed by atoms with Crippen LogP contribution in [0.25, 0.3) is 0 Å². The molecule has 0 bridgehead atoms. The van der Waals surface area contributed by atoms with Crippen molar-refractivity contribution in [1.82, 2.24) is 4.98 Å². The maximum atomic E-state index is 12.9. The van der Waals surface area contributed by atoms with Crippen LogP contribution in [0.2, 0.25) is 5.02 Å². The smallest absolute Gasteiger partial charge is 0.266 e. The molecule has 0 aliphatic rings. The largest absolute Gasteiger partial charge is 0.482 e. The lowest BCUT2D eigenvalue weighted by atomic mass is 10.2. The Labute approximate surface area is 170 Å². The Bertz CT molecular complexity index is 915. The van der Waals surface area contributed by atoms with Gasteiger partial charge in [0.15, 0.2) is 6.61 Å². The first-order valence-corrected chi connectivity index (χ1v) is 9.27. The van der Waals surface area contributed by atoms with Crippen molar-refractivity contribution in [2.75, 3.05) is 30.5 Å². The zero-order chi connectivity index (χ0) is 19.9. The van der Waals surface area contributed by atoms with E-state index < -0.39 is 0 Å². The molecular formula is C22H22ClN3O2. The lowest BCUT2D eigenvalue weighted by Crippen LogP contribution is -2.35. The summed E-state index contributed by atoms with van der Waals surface area (Å²) in [5, 5.41) is 0.471. The van der Waals surface area contributed by atoms with E-state index in [0.29, 0.717) is 23.1 Å². The van der Waals surface area contributed by atoms with Gasteiger partial charge in [0.1, 0.15) is 11.6 Å². The predicted octanol–water partition coefficient (Wildman–Crippen LogP) is 4.41. The molecule has 2 aromatic carbocycles. The number of carbonyl (C=O) groups is 1. The summed E-state index contributed by atoms with van der Waals surface area (Å²) in [5.74, 6) is 0.857. The summed E-state index contributed by atoms with van der Waals surface area (Å²) >= 11 is 6.11. The van der Waals surface area contributed by atoms with Crippen LogP contribution in [-0.4, -0.2) is 31.6 Å². The lowest BCUT2D eigenvalue weighted by Gasteiger charge is -2.22. The number of hydrogen-bond donors (Lipinski definition) is 0. The van der Waals surface area contributed by atoms with Crippen LogP contribution >= 0.6 is 11.6 Å². The highest BCUT2D eigenvalue weighted by atomic mass is 35.5. The minimum atomic E-state index is -0.199. The van der Waals surface area contributed by atoms with Crippen LogP contribution in [0.4, 0.5) is 11.5 Å². The van der Waals surface area contributed by atoms with Crippen LogP contribution < -0.4 is 14.5 Å². The summed E-state index contributed by atoms with van der Waals surface area (Å²) in [5.41, 5.74) is 2.10. The molecule has 5 nitrogen and oxygen atoms in total. The van der Waals surface area contributed by atoms with Crippen LogP contribution in [0.1, 0.15) is 5.56 Å². The van der Waals surface area contributed by atoms with Crippen molar-refractivity contribution in [1.29, 1.82) is 0 Å². The van der Waals surface area contributed by atoms with E-state index in [9.17, 15) is 4.79 Å². The monoisotopic (exact) mass is 395 g/mol. The Morgan fingerprint density at radius 3 is 2.36 bits per heavy atom. The topological polar surface area (TPSA) is 45.7 Å². The molecule has 1 aromatic heterocycles. The molecule has 0 N–H and O–H groups in total. The van der Waals surface area contributed by atoms with Crippen LogP contribution in [0, 0.1) is 0 Å². The summed E-state index contributed by atoms with van der Waals surface area (Å²) in [6.45, 7) is 0.269. The van der Waals surface area contributed by atoms with Crippen molar-refractivity contribution in [3.8, 4) is 5.75 Å². The lowest BCUT2D eigenvalue weighted by molar-refractivity contribution is -0.120. The van der Waals surface area contributed by atoms with Crippen molar-refractivity contribution < 1.29 is 9.53 Å². The summed E-state index contributed by atoms with van der Waals surface area (Å²) < 4.78 is 5.63. The predicted molar refractivity (Wildman–Crippen MR) is 113 cm³/mol. The van der Waals surface area contributed by atoms with Gasteiger partial charge in [-0.3, -0.25) is 9.69 Å². The van der Waals surface area contributed by atoms with Crippen LogP contribution in [0.5, 0.6) is 5.75 Å². The van der Waals surface area contributed by atoms with Crippen molar-refractivity contribution in [3.63, 3.8) is 0 Å². The van der Waals surface area contributed by atoms with E-state index in [1.807, 2.05) is 73.6 Å². The molecule has 0 atom stereocenters. The first-order chi connectivity index (χ1) is 13.5. The number of nitrogens with zero attached hydrogens (tertiary/aromatic N) is 3. The maximum Gasteiger partial charge on any atom is 0.266 e. The molecule has 3 aromatic rings. The molecule has 1 amide bonds. The SMILES string of the molecule is CN(C)c1ccc(CN(C(=O)COc2ccccc2Cl)c2ccccn2)cc1. The second kappa shape index (κ2) is 9.24. The average molecular weight is 396 g/mol. The van der Waals surface area contributed by atoms with E-state index >= 15 is 0 Å². The van der Waals surface area contributed by atoms with E-state index in [1.165, 1.54) is 0 Å². The number of carbonyl (C=O) groups excluding carboxylic acids is 1. The number of aromatic nitrogens is 1. The van der Waals surface area contributed by atoms with E-state index in [1.54, 1.807) is 23.2 Å². The van der Waals surface area contributed by atoms with Crippen LogP contribution in [0.15, 0.2) is 72.9 Å². The number of hydrogen-bond acceptors (Lipinski definition) is 4. The number of amides is 1. The van der Waals surface area contributed by atoms with Gasteiger partial charge in [-0.1, -0.05) is 41.9 Å². The Morgan fingerprint density at radius 1 is 1.00 bits per heavy atom. The third-order valence-corrected chi connectivity index (χ3v) is 4.52. The molecule has 0 saturated heterocycles. The van der Waals surface area contributed by atoms with E-state index in [0.717, 1.165) is 11.3 Å². The molecule has 0 fully saturated rings. The zero-order valence-corrected chi connectivity index (χ0v) is 16.6. The Balaban J connectivity index is 1.77. The van der Waals surface area contributed by atoms with Crippen LogP contribution in [0.3, 0.4) is 0 Å². The number of rotatable bonds is 7. The molecule has 28 heavy (non-hydrogen) atoms. The van der Waals surface area contributed by atoms with Gasteiger partial charge in [0.2, 0.25) is 0 Å². The van der Waals surface area contributed by atoms with E-state index in [4.69, 9.17) is 16.3 Å². The van der Waals surface area contributed by atoms with Crippen molar-refractivity contribution in [2.24, 2.45) is 0 Å². The Kier molecular flexibility index (Phi) is 6.50. The Morgan fingerprint density at radius 2 is 1.71 bits per heavy atom. The minimum Gasteiger partial charge on any atom is -0.482 e. The molecule has 0 unspecified atom stereocenters. The first kappa shape index (κ1) is 19.7. The van der Waals surface area contributed by atoms with E-state index in [-0.39, 0.29) is 12.5 Å². The molecule has 0 aliphatic carbocycles. The zero-order valence-electron chi connectivity index (χ0n) is 15.9. The standard InChI is InChI=1S/C22H22ClN3O2/c1-25(2)18-12-10-17(11-13-18)15-26(21-9-5-6-14-24-21)22(27)16-28-20-8-4-3-7-19(20)23/h3-14H,15-16H2,1-2H3. The molecule has 0 spiro atoms. The van der Waals surface area contributed by atoms with Gasteiger partial charge in [0.25, 0.3) is 5.91 Å². The minimum absolute atomic E-state index is 0.129. The molecule has 1 heterocycles. The molecule has 144 valence electrons. The van der Waals surface area contributed by atoms with Crippen LogP contribution in [-0.2, 0) is 11.3 Å². The molecule has 6 heteroatoms. The van der Waals surface area contributed by atoms with Crippen molar-refractivity contribution in [2.45, 2.75) is 6.54 Å². The van der Waals surface area contributed by atoms with Gasteiger partial charge in [-0.25, -0.2) is 4.98 Å².